The topological polar surface area (TPSA) is 87.0 Å². The minimum atomic E-state index is -1.78. The third-order valence-electron chi connectivity index (χ3n) is 1.83. The number of hydrogen-bond donors (Lipinski definition) is 3. The van der Waals surface area contributed by atoms with E-state index in [0.29, 0.717) is 5.75 Å². The SMILES string of the molecule is COc1cc(Br)c(O)c(C(O)C(=O)O)c1. The van der Waals surface area contributed by atoms with E-state index in [1.54, 1.807) is 0 Å². The summed E-state index contributed by atoms with van der Waals surface area (Å²) in [6, 6.07) is 2.73. The van der Waals surface area contributed by atoms with Crippen molar-refractivity contribution in [3.8, 4) is 11.5 Å². The van der Waals surface area contributed by atoms with Crippen LogP contribution < -0.4 is 4.74 Å². The Hall–Kier alpha value is -1.27. The van der Waals surface area contributed by atoms with E-state index in [9.17, 15) is 15.0 Å². The third kappa shape index (κ3) is 2.40. The monoisotopic (exact) mass is 276 g/mol. The van der Waals surface area contributed by atoms with Gasteiger partial charge in [-0.25, -0.2) is 4.79 Å². The first kappa shape index (κ1) is 11.8. The lowest BCUT2D eigenvalue weighted by molar-refractivity contribution is -0.147. The second kappa shape index (κ2) is 4.50. The number of carboxylic acids is 1. The molecule has 0 saturated heterocycles. The number of carboxylic acid groups (broad SMARTS) is 1. The van der Waals surface area contributed by atoms with Crippen LogP contribution in [-0.4, -0.2) is 28.4 Å². The maximum absolute atomic E-state index is 10.5. The highest BCUT2D eigenvalue weighted by Gasteiger charge is 2.22. The molecule has 0 aromatic heterocycles. The summed E-state index contributed by atoms with van der Waals surface area (Å²) in [6.07, 6.45) is -1.78. The Bertz CT molecular complexity index is 390. The van der Waals surface area contributed by atoms with Crippen LogP contribution in [0.1, 0.15) is 11.7 Å². The predicted octanol–water partition coefficient (Wildman–Crippen LogP) is 1.28. The number of rotatable bonds is 3. The number of aliphatic carboxylic acids is 1. The van der Waals surface area contributed by atoms with Gasteiger partial charge >= 0.3 is 5.97 Å². The molecule has 0 bridgehead atoms. The van der Waals surface area contributed by atoms with Gasteiger partial charge in [-0.1, -0.05) is 0 Å². The van der Waals surface area contributed by atoms with Gasteiger partial charge in [0, 0.05) is 5.56 Å². The molecular formula is C9H9BrO5. The van der Waals surface area contributed by atoms with Crippen LogP contribution in [0.5, 0.6) is 11.5 Å². The van der Waals surface area contributed by atoms with Crippen molar-refractivity contribution in [1.29, 1.82) is 0 Å². The zero-order valence-corrected chi connectivity index (χ0v) is 9.35. The van der Waals surface area contributed by atoms with E-state index < -0.39 is 12.1 Å². The van der Waals surface area contributed by atoms with Crippen molar-refractivity contribution < 1.29 is 24.9 Å². The molecule has 0 amide bonds. The Kier molecular flexibility index (Phi) is 3.54. The zero-order valence-electron chi connectivity index (χ0n) is 7.77. The molecule has 15 heavy (non-hydrogen) atoms. The smallest absolute Gasteiger partial charge is 0.337 e. The van der Waals surface area contributed by atoms with Crippen LogP contribution in [0.3, 0.4) is 0 Å². The van der Waals surface area contributed by atoms with Crippen molar-refractivity contribution in [2.75, 3.05) is 7.11 Å². The van der Waals surface area contributed by atoms with E-state index in [2.05, 4.69) is 15.9 Å². The molecule has 6 heteroatoms. The Labute approximate surface area is 94.1 Å². The van der Waals surface area contributed by atoms with Crippen molar-refractivity contribution in [2.45, 2.75) is 6.10 Å². The van der Waals surface area contributed by atoms with Crippen molar-refractivity contribution in [3.05, 3.63) is 22.2 Å². The summed E-state index contributed by atoms with van der Waals surface area (Å²) >= 11 is 3.02. The van der Waals surface area contributed by atoms with Crippen molar-refractivity contribution in [1.82, 2.24) is 0 Å². The molecular weight excluding hydrogens is 268 g/mol. The highest BCUT2D eigenvalue weighted by molar-refractivity contribution is 9.10. The van der Waals surface area contributed by atoms with E-state index >= 15 is 0 Å². The van der Waals surface area contributed by atoms with Crippen molar-refractivity contribution in [3.63, 3.8) is 0 Å². The molecule has 0 radical (unpaired) electrons. The summed E-state index contributed by atoms with van der Waals surface area (Å²) in [5.74, 6) is -1.41. The minimum absolute atomic E-state index is 0.117. The summed E-state index contributed by atoms with van der Waals surface area (Å²) in [5.41, 5.74) is -0.117. The largest absolute Gasteiger partial charge is 0.506 e. The average Bonchev–Trinajstić information content (AvgIpc) is 2.20. The molecule has 0 heterocycles. The number of aliphatic hydroxyl groups excluding tert-OH is 1. The fraction of sp³-hybridized carbons (Fsp3) is 0.222. The van der Waals surface area contributed by atoms with Crippen LogP contribution in [-0.2, 0) is 4.79 Å². The van der Waals surface area contributed by atoms with Gasteiger partial charge in [-0.2, -0.15) is 0 Å². The Morgan fingerprint density at radius 2 is 2.13 bits per heavy atom. The molecule has 0 aliphatic heterocycles. The van der Waals surface area contributed by atoms with Gasteiger partial charge in [0.05, 0.1) is 11.6 Å². The highest BCUT2D eigenvalue weighted by atomic mass is 79.9. The lowest BCUT2D eigenvalue weighted by atomic mass is 10.1. The number of ether oxygens (including phenoxy) is 1. The summed E-state index contributed by atoms with van der Waals surface area (Å²) in [6.45, 7) is 0. The third-order valence-corrected chi connectivity index (χ3v) is 2.44. The Balaban J connectivity index is 3.27. The first-order valence-electron chi connectivity index (χ1n) is 3.94. The number of methoxy groups -OCH3 is 1. The molecule has 0 spiro atoms. The molecule has 1 aromatic carbocycles. The summed E-state index contributed by atoms with van der Waals surface area (Å²) in [4.78, 5) is 10.5. The van der Waals surface area contributed by atoms with E-state index in [-0.39, 0.29) is 15.8 Å². The van der Waals surface area contributed by atoms with Gasteiger partial charge in [0.25, 0.3) is 0 Å². The maximum Gasteiger partial charge on any atom is 0.337 e. The van der Waals surface area contributed by atoms with Gasteiger partial charge in [-0.15, -0.1) is 0 Å². The Morgan fingerprint density at radius 3 is 2.60 bits per heavy atom. The molecule has 1 aromatic rings. The zero-order chi connectivity index (χ0) is 11.6. The van der Waals surface area contributed by atoms with E-state index in [1.807, 2.05) is 0 Å². The molecule has 3 N–H and O–H groups in total. The van der Waals surface area contributed by atoms with Gasteiger partial charge in [-0.3, -0.25) is 0 Å². The van der Waals surface area contributed by atoms with Crippen LogP contribution in [0.2, 0.25) is 0 Å². The van der Waals surface area contributed by atoms with Gasteiger partial charge in [-0.05, 0) is 28.1 Å². The number of benzene rings is 1. The molecule has 1 atom stereocenters. The summed E-state index contributed by atoms with van der Waals surface area (Å²) in [7, 11) is 1.40. The molecule has 1 rings (SSSR count). The lowest BCUT2D eigenvalue weighted by Crippen LogP contribution is -2.10. The number of phenols is 1. The number of aromatic hydroxyl groups is 1. The first-order valence-corrected chi connectivity index (χ1v) is 4.74. The molecule has 0 fully saturated rings. The molecule has 0 aliphatic carbocycles. The van der Waals surface area contributed by atoms with Crippen LogP contribution in [0.25, 0.3) is 0 Å². The normalized spacial score (nSPS) is 12.2. The first-order chi connectivity index (χ1) is 6.97. The standard InChI is InChI=1S/C9H9BrO5/c1-15-4-2-5(8(12)9(13)14)7(11)6(10)3-4/h2-3,8,11-12H,1H3,(H,13,14). The van der Waals surface area contributed by atoms with Crippen LogP contribution in [0.4, 0.5) is 0 Å². The van der Waals surface area contributed by atoms with E-state index in [4.69, 9.17) is 9.84 Å². The number of hydrogen-bond acceptors (Lipinski definition) is 4. The number of aliphatic hydroxyl groups is 1. The quantitative estimate of drug-likeness (QED) is 0.774. The van der Waals surface area contributed by atoms with Crippen molar-refractivity contribution in [2.24, 2.45) is 0 Å². The number of phenolic OH excluding ortho intramolecular Hbond substituents is 1. The maximum atomic E-state index is 10.5. The Morgan fingerprint density at radius 1 is 1.53 bits per heavy atom. The predicted molar refractivity (Wildman–Crippen MR) is 55.0 cm³/mol. The second-order valence-corrected chi connectivity index (χ2v) is 3.64. The summed E-state index contributed by atoms with van der Waals surface area (Å²) < 4.78 is 5.14. The number of carbonyl (C=O) groups is 1. The van der Waals surface area contributed by atoms with Gasteiger partial charge in [0.15, 0.2) is 6.10 Å². The second-order valence-electron chi connectivity index (χ2n) is 2.79. The molecule has 82 valence electrons. The van der Waals surface area contributed by atoms with E-state index in [0.717, 1.165) is 0 Å². The fourth-order valence-electron chi connectivity index (χ4n) is 1.05. The van der Waals surface area contributed by atoms with Gasteiger partial charge in [0.2, 0.25) is 0 Å². The minimum Gasteiger partial charge on any atom is -0.506 e. The molecule has 0 saturated carbocycles. The van der Waals surface area contributed by atoms with Gasteiger partial charge in [0.1, 0.15) is 11.5 Å². The molecule has 1 unspecified atom stereocenters. The number of halogens is 1. The highest BCUT2D eigenvalue weighted by Crippen LogP contribution is 2.36. The van der Waals surface area contributed by atoms with Crippen LogP contribution in [0, 0.1) is 0 Å². The fourth-order valence-corrected chi connectivity index (χ4v) is 1.51. The van der Waals surface area contributed by atoms with E-state index in [1.165, 1.54) is 19.2 Å². The van der Waals surface area contributed by atoms with Crippen molar-refractivity contribution >= 4 is 21.9 Å². The molecule has 0 aliphatic rings. The summed E-state index contributed by atoms with van der Waals surface area (Å²) in [5, 5.41) is 27.4. The van der Waals surface area contributed by atoms with Gasteiger partial charge < -0.3 is 20.1 Å². The lowest BCUT2D eigenvalue weighted by Gasteiger charge is -2.11. The van der Waals surface area contributed by atoms with Crippen LogP contribution >= 0.6 is 15.9 Å². The van der Waals surface area contributed by atoms with Crippen LogP contribution in [0.15, 0.2) is 16.6 Å². The average molecular weight is 277 g/mol. The molecule has 5 nitrogen and oxygen atoms in total.